The van der Waals surface area contributed by atoms with Gasteiger partial charge in [0.15, 0.2) is 0 Å². The maximum absolute atomic E-state index is 12.3. The second-order valence-electron chi connectivity index (χ2n) is 6.78. The van der Waals surface area contributed by atoms with Gasteiger partial charge < -0.3 is 5.32 Å². The summed E-state index contributed by atoms with van der Waals surface area (Å²) < 4.78 is 0. The van der Waals surface area contributed by atoms with Crippen molar-refractivity contribution in [3.63, 3.8) is 0 Å². The predicted molar refractivity (Wildman–Crippen MR) is 104 cm³/mol. The molecule has 1 atom stereocenters. The molecule has 0 saturated carbocycles. The van der Waals surface area contributed by atoms with E-state index in [9.17, 15) is 4.79 Å². The van der Waals surface area contributed by atoms with Gasteiger partial charge in [0.05, 0.1) is 6.04 Å². The number of aryl methyl sites for hydroxylation is 1. The van der Waals surface area contributed by atoms with Crippen LogP contribution in [0.15, 0.2) is 24.3 Å². The van der Waals surface area contributed by atoms with Gasteiger partial charge in [-0.25, -0.2) is 0 Å². The SMILES string of the molecule is CCC(CC)C(=O)NCC(c1ccc(C)cc1)N1CCCCC1.Cl. The zero-order chi connectivity index (χ0) is 16.7. The molecule has 1 saturated heterocycles. The second kappa shape index (κ2) is 10.7. The van der Waals surface area contributed by atoms with E-state index in [1.807, 2.05) is 0 Å². The minimum Gasteiger partial charge on any atom is -0.354 e. The highest BCUT2D eigenvalue weighted by molar-refractivity contribution is 5.85. The van der Waals surface area contributed by atoms with Crippen LogP contribution in [0.2, 0.25) is 0 Å². The highest BCUT2D eigenvalue weighted by Gasteiger charge is 2.24. The summed E-state index contributed by atoms with van der Waals surface area (Å²) in [4.78, 5) is 14.9. The number of nitrogens with one attached hydrogen (secondary N) is 1. The van der Waals surface area contributed by atoms with Gasteiger partial charge in [-0.05, 0) is 51.3 Å². The van der Waals surface area contributed by atoms with Crippen molar-refractivity contribution in [2.45, 2.75) is 58.9 Å². The standard InChI is InChI=1S/C20H32N2O.ClH/c1-4-17(5-2)20(23)21-15-19(22-13-7-6-8-14-22)18-11-9-16(3)10-12-18;/h9-12,17,19H,4-8,13-15H2,1-3H3,(H,21,23);1H. The zero-order valence-electron chi connectivity index (χ0n) is 15.4. The third-order valence-electron chi connectivity index (χ3n) is 5.12. The van der Waals surface area contributed by atoms with Crippen LogP contribution in [0.25, 0.3) is 0 Å². The molecule has 0 radical (unpaired) electrons. The predicted octanol–water partition coefficient (Wildman–Crippen LogP) is 4.50. The van der Waals surface area contributed by atoms with Gasteiger partial charge in [-0.2, -0.15) is 0 Å². The van der Waals surface area contributed by atoms with Gasteiger partial charge in [0.1, 0.15) is 0 Å². The Hall–Kier alpha value is -1.06. The Morgan fingerprint density at radius 1 is 1.08 bits per heavy atom. The Morgan fingerprint density at radius 3 is 2.21 bits per heavy atom. The van der Waals surface area contributed by atoms with Gasteiger partial charge in [-0.1, -0.05) is 50.1 Å². The third kappa shape index (κ3) is 5.78. The van der Waals surface area contributed by atoms with Gasteiger partial charge in [0.25, 0.3) is 0 Å². The number of carbonyl (C=O) groups is 1. The van der Waals surface area contributed by atoms with E-state index in [-0.39, 0.29) is 24.2 Å². The Bertz CT molecular complexity index is 479. The summed E-state index contributed by atoms with van der Waals surface area (Å²) >= 11 is 0. The van der Waals surface area contributed by atoms with Crippen molar-refractivity contribution in [3.05, 3.63) is 35.4 Å². The Labute approximate surface area is 153 Å². The summed E-state index contributed by atoms with van der Waals surface area (Å²) in [7, 11) is 0. The molecular weight excluding hydrogens is 320 g/mol. The van der Waals surface area contributed by atoms with Crippen LogP contribution in [0.5, 0.6) is 0 Å². The minimum atomic E-state index is 0. The van der Waals surface area contributed by atoms with Crippen molar-refractivity contribution >= 4 is 18.3 Å². The van der Waals surface area contributed by atoms with Crippen molar-refractivity contribution in [2.75, 3.05) is 19.6 Å². The summed E-state index contributed by atoms with van der Waals surface area (Å²) in [6.45, 7) is 9.30. The molecule has 136 valence electrons. The second-order valence-corrected chi connectivity index (χ2v) is 6.78. The number of halogens is 1. The average molecular weight is 353 g/mol. The van der Waals surface area contributed by atoms with Crippen LogP contribution >= 0.6 is 12.4 Å². The molecular formula is C20H33ClN2O. The van der Waals surface area contributed by atoms with Crippen molar-refractivity contribution < 1.29 is 4.79 Å². The highest BCUT2D eigenvalue weighted by atomic mass is 35.5. The van der Waals surface area contributed by atoms with Gasteiger partial charge in [0, 0.05) is 12.5 Å². The van der Waals surface area contributed by atoms with Crippen molar-refractivity contribution in [3.8, 4) is 0 Å². The molecule has 1 heterocycles. The van der Waals surface area contributed by atoms with E-state index in [4.69, 9.17) is 0 Å². The van der Waals surface area contributed by atoms with Gasteiger partial charge in [-0.3, -0.25) is 9.69 Å². The van der Waals surface area contributed by atoms with Crippen LogP contribution < -0.4 is 5.32 Å². The molecule has 1 amide bonds. The van der Waals surface area contributed by atoms with Crippen molar-refractivity contribution in [2.24, 2.45) is 5.92 Å². The number of hydrogen-bond donors (Lipinski definition) is 1. The summed E-state index contributed by atoms with van der Waals surface area (Å²) in [5.41, 5.74) is 2.61. The van der Waals surface area contributed by atoms with E-state index in [1.54, 1.807) is 0 Å². The lowest BCUT2D eigenvalue weighted by Crippen LogP contribution is -2.42. The van der Waals surface area contributed by atoms with E-state index in [0.29, 0.717) is 6.04 Å². The normalized spacial score (nSPS) is 16.5. The summed E-state index contributed by atoms with van der Waals surface area (Å²) in [5, 5.41) is 3.21. The molecule has 1 N–H and O–H groups in total. The number of benzene rings is 1. The van der Waals surface area contributed by atoms with Crippen LogP contribution in [-0.2, 0) is 4.79 Å². The van der Waals surface area contributed by atoms with E-state index in [0.717, 1.165) is 32.5 Å². The van der Waals surface area contributed by atoms with Crippen LogP contribution in [0.1, 0.15) is 63.1 Å². The molecule has 0 bridgehead atoms. The molecule has 0 spiro atoms. The van der Waals surface area contributed by atoms with Crippen molar-refractivity contribution in [1.82, 2.24) is 10.2 Å². The quantitative estimate of drug-likeness (QED) is 0.783. The summed E-state index contributed by atoms with van der Waals surface area (Å²) in [5.74, 6) is 0.360. The molecule has 1 aromatic carbocycles. The van der Waals surface area contributed by atoms with E-state index < -0.39 is 0 Å². The highest BCUT2D eigenvalue weighted by Crippen LogP contribution is 2.24. The van der Waals surface area contributed by atoms with Gasteiger partial charge >= 0.3 is 0 Å². The van der Waals surface area contributed by atoms with Gasteiger partial charge in [-0.15, -0.1) is 12.4 Å². The Kier molecular flexibility index (Phi) is 9.38. The maximum Gasteiger partial charge on any atom is 0.223 e. The first-order valence-electron chi connectivity index (χ1n) is 9.24. The smallest absolute Gasteiger partial charge is 0.223 e. The number of carbonyl (C=O) groups excluding carboxylic acids is 1. The molecule has 1 unspecified atom stereocenters. The fraction of sp³-hybridized carbons (Fsp3) is 0.650. The fourth-order valence-electron chi connectivity index (χ4n) is 3.48. The number of hydrogen-bond acceptors (Lipinski definition) is 2. The monoisotopic (exact) mass is 352 g/mol. The molecule has 1 fully saturated rings. The fourth-order valence-corrected chi connectivity index (χ4v) is 3.48. The number of nitrogens with zero attached hydrogens (tertiary/aromatic N) is 1. The number of likely N-dealkylation sites (tertiary alicyclic amines) is 1. The first kappa shape index (κ1) is 21.0. The third-order valence-corrected chi connectivity index (χ3v) is 5.12. The van der Waals surface area contributed by atoms with Crippen LogP contribution in [0.3, 0.4) is 0 Å². The van der Waals surface area contributed by atoms with Crippen LogP contribution in [-0.4, -0.2) is 30.4 Å². The number of amides is 1. The molecule has 3 nitrogen and oxygen atoms in total. The summed E-state index contributed by atoms with van der Waals surface area (Å²) in [6, 6.07) is 9.09. The first-order chi connectivity index (χ1) is 11.2. The van der Waals surface area contributed by atoms with Crippen LogP contribution in [0, 0.1) is 12.8 Å². The first-order valence-corrected chi connectivity index (χ1v) is 9.24. The molecule has 0 aromatic heterocycles. The zero-order valence-corrected chi connectivity index (χ0v) is 16.2. The molecule has 2 rings (SSSR count). The Balaban J connectivity index is 0.00000288. The maximum atomic E-state index is 12.3. The Morgan fingerprint density at radius 2 is 1.67 bits per heavy atom. The van der Waals surface area contributed by atoms with Crippen LogP contribution in [0.4, 0.5) is 0 Å². The number of rotatable bonds is 7. The van der Waals surface area contributed by atoms with E-state index in [2.05, 4.69) is 55.3 Å². The lowest BCUT2D eigenvalue weighted by atomic mass is 9.99. The molecule has 24 heavy (non-hydrogen) atoms. The average Bonchev–Trinajstić information content (AvgIpc) is 2.58. The van der Waals surface area contributed by atoms with E-state index >= 15 is 0 Å². The lowest BCUT2D eigenvalue weighted by Gasteiger charge is -2.35. The summed E-state index contributed by atoms with van der Waals surface area (Å²) in [6.07, 6.45) is 5.70. The topological polar surface area (TPSA) is 32.3 Å². The van der Waals surface area contributed by atoms with Crippen molar-refractivity contribution in [1.29, 1.82) is 0 Å². The minimum absolute atomic E-state index is 0. The number of piperidine rings is 1. The molecule has 1 aliphatic heterocycles. The molecule has 4 heteroatoms. The molecule has 1 aromatic rings. The molecule has 0 aliphatic carbocycles. The largest absolute Gasteiger partial charge is 0.354 e. The molecule has 1 aliphatic rings. The van der Waals surface area contributed by atoms with E-state index in [1.165, 1.54) is 30.4 Å². The lowest BCUT2D eigenvalue weighted by molar-refractivity contribution is -0.125. The van der Waals surface area contributed by atoms with Gasteiger partial charge in [0.2, 0.25) is 5.91 Å².